The van der Waals surface area contributed by atoms with Gasteiger partial charge in [-0.3, -0.25) is 4.72 Å². The number of hydrogen-bond donors (Lipinski definition) is 2. The zero-order valence-corrected chi connectivity index (χ0v) is 14.4. The van der Waals surface area contributed by atoms with E-state index < -0.39 is 16.0 Å². The highest BCUT2D eigenvalue weighted by atomic mass is 79.9. The third-order valence-corrected chi connectivity index (χ3v) is 6.81. The Hall–Kier alpha value is -0.900. The highest BCUT2D eigenvalue weighted by Gasteiger charge is 2.22. The van der Waals surface area contributed by atoms with Gasteiger partial charge in [0.25, 0.3) is 10.0 Å². The number of benzene rings is 1. The van der Waals surface area contributed by atoms with Crippen LogP contribution in [0.25, 0.3) is 0 Å². The summed E-state index contributed by atoms with van der Waals surface area (Å²) in [5.41, 5.74) is -0.114. The number of sulfonamides is 1. The molecule has 0 bridgehead atoms. The summed E-state index contributed by atoms with van der Waals surface area (Å²) in [6, 6.07) is 5.87. The number of nitrogens with one attached hydrogen (secondary N) is 1. The van der Waals surface area contributed by atoms with Crippen LogP contribution in [0.4, 0.5) is 5.69 Å². The Morgan fingerprint density at radius 2 is 1.95 bits per heavy atom. The summed E-state index contributed by atoms with van der Waals surface area (Å²) >= 11 is 7.36. The molecule has 1 heterocycles. The summed E-state index contributed by atoms with van der Waals surface area (Å²) in [7, 11) is -3.84. The van der Waals surface area contributed by atoms with Crippen LogP contribution in [0, 0.1) is 0 Å². The second kappa shape index (κ2) is 5.84. The molecular formula is C11H7Br2NO4S2. The summed E-state index contributed by atoms with van der Waals surface area (Å²) in [4.78, 5) is 11.1. The normalized spacial score (nSPS) is 11.3. The number of carboxylic acids is 1. The molecule has 0 saturated heterocycles. The predicted molar refractivity (Wildman–Crippen MR) is 83.9 cm³/mol. The van der Waals surface area contributed by atoms with Gasteiger partial charge >= 0.3 is 5.97 Å². The summed E-state index contributed by atoms with van der Waals surface area (Å²) in [5, 5.41) is 10.7. The maximum absolute atomic E-state index is 12.2. The van der Waals surface area contributed by atoms with E-state index >= 15 is 0 Å². The fourth-order valence-electron chi connectivity index (χ4n) is 1.45. The van der Waals surface area contributed by atoms with Gasteiger partial charge in [-0.2, -0.15) is 0 Å². The second-order valence-corrected chi connectivity index (χ2v) is 8.22. The molecule has 106 valence electrons. The first-order valence-electron chi connectivity index (χ1n) is 5.10. The molecule has 0 aliphatic rings. The van der Waals surface area contributed by atoms with Gasteiger partial charge in [0, 0.05) is 8.95 Å². The van der Waals surface area contributed by atoms with Crippen LogP contribution in [0.1, 0.15) is 10.4 Å². The minimum absolute atomic E-state index is 0.00664. The first-order valence-corrected chi connectivity index (χ1v) is 9.05. The maximum atomic E-state index is 12.2. The number of carboxylic acid groups (broad SMARTS) is 1. The van der Waals surface area contributed by atoms with Crippen LogP contribution in [0.3, 0.4) is 0 Å². The van der Waals surface area contributed by atoms with E-state index in [1.54, 1.807) is 11.4 Å². The molecule has 0 aliphatic carbocycles. The summed E-state index contributed by atoms with van der Waals surface area (Å²) < 4.78 is 27.9. The second-order valence-electron chi connectivity index (χ2n) is 3.66. The van der Waals surface area contributed by atoms with Crippen LogP contribution in [0.2, 0.25) is 0 Å². The van der Waals surface area contributed by atoms with Crippen molar-refractivity contribution >= 4 is 64.9 Å². The summed E-state index contributed by atoms with van der Waals surface area (Å²) in [5.74, 6) is -1.21. The molecule has 0 atom stereocenters. The fourth-order valence-corrected chi connectivity index (χ4v) is 5.22. The molecule has 2 aromatic rings. The number of carbonyl (C=O) groups is 1. The van der Waals surface area contributed by atoms with Gasteiger partial charge in [-0.25, -0.2) is 13.2 Å². The standard InChI is InChI=1S/C11H7Br2NO4S2/c12-6-1-2-7(10(15)16)9(5-6)14-20(17,18)11-8(13)3-4-19-11/h1-5,14H,(H,15,16). The average molecular weight is 441 g/mol. The predicted octanol–water partition coefficient (Wildman–Crippen LogP) is 3.77. The van der Waals surface area contributed by atoms with Crippen LogP contribution in [0.5, 0.6) is 0 Å². The summed E-state index contributed by atoms with van der Waals surface area (Å²) in [6.45, 7) is 0. The van der Waals surface area contributed by atoms with Crippen LogP contribution >= 0.6 is 43.2 Å². The van der Waals surface area contributed by atoms with E-state index in [2.05, 4.69) is 36.6 Å². The zero-order valence-electron chi connectivity index (χ0n) is 9.63. The van der Waals surface area contributed by atoms with E-state index in [1.807, 2.05) is 0 Å². The van der Waals surface area contributed by atoms with Crippen molar-refractivity contribution in [1.29, 1.82) is 0 Å². The van der Waals surface area contributed by atoms with E-state index in [0.29, 0.717) is 8.95 Å². The molecule has 1 aromatic carbocycles. The van der Waals surface area contributed by atoms with Crippen molar-refractivity contribution in [3.05, 3.63) is 44.2 Å². The molecule has 0 aliphatic heterocycles. The lowest BCUT2D eigenvalue weighted by molar-refractivity contribution is 0.0698. The topological polar surface area (TPSA) is 83.5 Å². The van der Waals surface area contributed by atoms with E-state index in [0.717, 1.165) is 11.3 Å². The van der Waals surface area contributed by atoms with Crippen molar-refractivity contribution in [3.63, 3.8) is 0 Å². The lowest BCUT2D eigenvalue weighted by Gasteiger charge is -2.10. The third kappa shape index (κ3) is 3.22. The molecule has 2 rings (SSSR count). The molecule has 0 radical (unpaired) electrons. The number of rotatable bonds is 4. The lowest BCUT2D eigenvalue weighted by atomic mass is 10.2. The average Bonchev–Trinajstić information content (AvgIpc) is 2.75. The van der Waals surface area contributed by atoms with Crippen molar-refractivity contribution < 1.29 is 18.3 Å². The Morgan fingerprint density at radius 3 is 2.50 bits per heavy atom. The van der Waals surface area contributed by atoms with E-state index in [-0.39, 0.29) is 15.5 Å². The van der Waals surface area contributed by atoms with Gasteiger partial charge in [-0.05, 0) is 45.6 Å². The number of aromatic carboxylic acids is 1. The van der Waals surface area contributed by atoms with E-state index in [1.165, 1.54) is 18.2 Å². The van der Waals surface area contributed by atoms with Crippen molar-refractivity contribution in [2.75, 3.05) is 4.72 Å². The minimum atomic E-state index is -3.84. The Labute approximate surface area is 135 Å². The first-order chi connectivity index (χ1) is 9.31. The van der Waals surface area contributed by atoms with Crippen LogP contribution in [0.15, 0.2) is 42.8 Å². The molecule has 0 saturated carbocycles. The lowest BCUT2D eigenvalue weighted by Crippen LogP contribution is -2.15. The number of hydrogen-bond acceptors (Lipinski definition) is 4. The van der Waals surface area contributed by atoms with Gasteiger partial charge in [0.15, 0.2) is 4.21 Å². The quantitative estimate of drug-likeness (QED) is 0.757. The minimum Gasteiger partial charge on any atom is -0.478 e. The molecular weight excluding hydrogens is 434 g/mol. The van der Waals surface area contributed by atoms with Crippen molar-refractivity contribution in [2.45, 2.75) is 4.21 Å². The van der Waals surface area contributed by atoms with Crippen molar-refractivity contribution in [1.82, 2.24) is 0 Å². The van der Waals surface area contributed by atoms with Gasteiger partial charge in [0.2, 0.25) is 0 Å². The highest BCUT2D eigenvalue weighted by molar-refractivity contribution is 9.10. The summed E-state index contributed by atoms with van der Waals surface area (Å²) in [6.07, 6.45) is 0. The Morgan fingerprint density at radius 1 is 1.25 bits per heavy atom. The zero-order chi connectivity index (χ0) is 14.9. The molecule has 5 nitrogen and oxygen atoms in total. The first kappa shape index (κ1) is 15.5. The van der Waals surface area contributed by atoms with Gasteiger partial charge in [0.1, 0.15) is 0 Å². The Balaban J connectivity index is 2.47. The smallest absolute Gasteiger partial charge is 0.337 e. The Bertz CT molecular complexity index is 770. The molecule has 0 fully saturated rings. The van der Waals surface area contributed by atoms with Crippen molar-refractivity contribution in [2.24, 2.45) is 0 Å². The Kier molecular flexibility index (Phi) is 4.52. The van der Waals surface area contributed by atoms with Gasteiger partial charge in [-0.1, -0.05) is 15.9 Å². The number of anilines is 1. The van der Waals surface area contributed by atoms with Gasteiger partial charge < -0.3 is 5.11 Å². The van der Waals surface area contributed by atoms with Gasteiger partial charge in [0.05, 0.1) is 11.3 Å². The molecule has 0 spiro atoms. The highest BCUT2D eigenvalue weighted by Crippen LogP contribution is 2.31. The van der Waals surface area contributed by atoms with E-state index in [9.17, 15) is 13.2 Å². The molecule has 1 aromatic heterocycles. The SMILES string of the molecule is O=C(O)c1ccc(Br)cc1NS(=O)(=O)c1sccc1Br. The molecule has 20 heavy (non-hydrogen) atoms. The molecule has 0 unspecified atom stereocenters. The molecule has 0 amide bonds. The largest absolute Gasteiger partial charge is 0.478 e. The third-order valence-electron chi connectivity index (χ3n) is 2.28. The molecule has 2 N–H and O–H groups in total. The number of halogens is 2. The van der Waals surface area contributed by atoms with Crippen LogP contribution in [-0.4, -0.2) is 19.5 Å². The molecule has 9 heteroatoms. The maximum Gasteiger partial charge on any atom is 0.337 e. The van der Waals surface area contributed by atoms with E-state index in [4.69, 9.17) is 5.11 Å². The van der Waals surface area contributed by atoms with Crippen molar-refractivity contribution in [3.8, 4) is 0 Å². The van der Waals surface area contributed by atoms with Crippen LogP contribution < -0.4 is 4.72 Å². The van der Waals surface area contributed by atoms with Crippen LogP contribution in [-0.2, 0) is 10.0 Å². The number of thiophene rings is 1. The monoisotopic (exact) mass is 439 g/mol. The van der Waals surface area contributed by atoms with Gasteiger partial charge in [-0.15, -0.1) is 11.3 Å². The fraction of sp³-hybridized carbons (Fsp3) is 0.